The largest absolute Gasteiger partial charge is 0.492 e. The highest BCUT2D eigenvalue weighted by atomic mass is 35.5. The number of amides is 1. The molecule has 0 saturated heterocycles. The molecule has 1 rings (SSSR count). The second-order valence-corrected chi connectivity index (χ2v) is 3.91. The van der Waals surface area contributed by atoms with Crippen molar-refractivity contribution in [2.24, 2.45) is 0 Å². The van der Waals surface area contributed by atoms with Crippen molar-refractivity contribution in [2.45, 2.75) is 13.3 Å². The Kier molecular flexibility index (Phi) is 5.12. The molecule has 0 aliphatic carbocycles. The minimum absolute atomic E-state index is 0.125. The number of halogens is 1. The van der Waals surface area contributed by atoms with Gasteiger partial charge in [0.25, 0.3) is 0 Å². The molecule has 4 heteroatoms. The number of carbonyl (C=O) groups excluding carboxylic acids is 1. The van der Waals surface area contributed by atoms with Gasteiger partial charge in [0.05, 0.1) is 6.54 Å². The molecule has 1 aromatic carbocycles. The van der Waals surface area contributed by atoms with Gasteiger partial charge in [0.15, 0.2) is 0 Å². The van der Waals surface area contributed by atoms with Gasteiger partial charge in [-0.2, -0.15) is 0 Å². The van der Waals surface area contributed by atoms with Crippen molar-refractivity contribution in [2.75, 3.05) is 20.2 Å². The first-order valence-corrected chi connectivity index (χ1v) is 5.63. The SMILES string of the molecule is CCC(=O)N(C)CCOc1ccc(Cl)cc1. The van der Waals surface area contributed by atoms with Crippen molar-refractivity contribution in [3.05, 3.63) is 29.3 Å². The Hall–Kier alpha value is -1.22. The Balaban J connectivity index is 2.30. The van der Waals surface area contributed by atoms with Crippen LogP contribution in [0.4, 0.5) is 0 Å². The van der Waals surface area contributed by atoms with Gasteiger partial charge in [-0.1, -0.05) is 18.5 Å². The summed E-state index contributed by atoms with van der Waals surface area (Å²) in [6.45, 7) is 2.93. The normalized spacial score (nSPS) is 9.94. The minimum atomic E-state index is 0.125. The van der Waals surface area contributed by atoms with Crippen LogP contribution >= 0.6 is 11.6 Å². The van der Waals surface area contributed by atoms with E-state index >= 15 is 0 Å². The van der Waals surface area contributed by atoms with Gasteiger partial charge < -0.3 is 9.64 Å². The summed E-state index contributed by atoms with van der Waals surface area (Å²) in [6, 6.07) is 7.17. The number of rotatable bonds is 5. The van der Waals surface area contributed by atoms with Crippen LogP contribution in [0.5, 0.6) is 5.75 Å². The van der Waals surface area contributed by atoms with Crippen LogP contribution in [-0.4, -0.2) is 31.0 Å². The van der Waals surface area contributed by atoms with Crippen LogP contribution in [0.2, 0.25) is 5.02 Å². The maximum atomic E-state index is 11.3. The second kappa shape index (κ2) is 6.38. The topological polar surface area (TPSA) is 29.5 Å². The summed E-state index contributed by atoms with van der Waals surface area (Å²) in [6.07, 6.45) is 0.525. The molecule has 0 heterocycles. The average molecular weight is 242 g/mol. The van der Waals surface area contributed by atoms with Crippen LogP contribution < -0.4 is 4.74 Å². The van der Waals surface area contributed by atoms with Crippen molar-refractivity contribution in [3.63, 3.8) is 0 Å². The maximum Gasteiger partial charge on any atom is 0.222 e. The Labute approximate surface area is 101 Å². The van der Waals surface area contributed by atoms with Gasteiger partial charge in [0, 0.05) is 18.5 Å². The van der Waals surface area contributed by atoms with E-state index in [-0.39, 0.29) is 5.91 Å². The Morgan fingerprint density at radius 3 is 2.56 bits per heavy atom. The fourth-order valence-corrected chi connectivity index (χ4v) is 1.35. The molecule has 0 aliphatic rings. The number of carbonyl (C=O) groups is 1. The zero-order valence-electron chi connectivity index (χ0n) is 9.57. The Bertz CT molecular complexity index is 337. The lowest BCUT2D eigenvalue weighted by atomic mass is 10.3. The highest BCUT2D eigenvalue weighted by molar-refractivity contribution is 6.30. The predicted octanol–water partition coefficient (Wildman–Crippen LogP) is 2.59. The van der Waals surface area contributed by atoms with Crippen molar-refractivity contribution >= 4 is 17.5 Å². The third kappa shape index (κ3) is 4.11. The van der Waals surface area contributed by atoms with Gasteiger partial charge in [-0.15, -0.1) is 0 Å². The molecule has 0 aliphatic heterocycles. The fourth-order valence-electron chi connectivity index (χ4n) is 1.23. The minimum Gasteiger partial charge on any atom is -0.492 e. The van der Waals surface area contributed by atoms with Crippen LogP contribution in [-0.2, 0) is 4.79 Å². The quantitative estimate of drug-likeness (QED) is 0.793. The molecule has 0 spiro atoms. The maximum absolute atomic E-state index is 11.3. The highest BCUT2D eigenvalue weighted by Crippen LogP contribution is 2.15. The van der Waals surface area contributed by atoms with E-state index in [1.54, 1.807) is 24.1 Å². The molecule has 3 nitrogen and oxygen atoms in total. The summed E-state index contributed by atoms with van der Waals surface area (Å²) < 4.78 is 5.47. The van der Waals surface area contributed by atoms with Gasteiger partial charge in [-0.3, -0.25) is 4.79 Å². The summed E-state index contributed by atoms with van der Waals surface area (Å²) in [4.78, 5) is 12.9. The van der Waals surface area contributed by atoms with E-state index in [0.717, 1.165) is 5.75 Å². The lowest BCUT2D eigenvalue weighted by Crippen LogP contribution is -2.30. The summed E-state index contributed by atoms with van der Waals surface area (Å²) in [5.74, 6) is 0.890. The lowest BCUT2D eigenvalue weighted by Gasteiger charge is -2.16. The first-order chi connectivity index (χ1) is 7.63. The standard InChI is InChI=1S/C12H16ClNO2/c1-3-12(15)14(2)8-9-16-11-6-4-10(13)5-7-11/h4-7H,3,8-9H2,1-2H3. The van der Waals surface area contributed by atoms with E-state index in [9.17, 15) is 4.79 Å². The third-order valence-electron chi connectivity index (χ3n) is 2.24. The van der Waals surface area contributed by atoms with Gasteiger partial charge in [-0.25, -0.2) is 0 Å². The molecular formula is C12H16ClNO2. The molecular weight excluding hydrogens is 226 g/mol. The van der Waals surface area contributed by atoms with Crippen LogP contribution in [0, 0.1) is 0 Å². The summed E-state index contributed by atoms with van der Waals surface area (Å²) >= 11 is 5.75. The Morgan fingerprint density at radius 1 is 1.38 bits per heavy atom. The van der Waals surface area contributed by atoms with E-state index in [1.807, 2.05) is 19.1 Å². The number of ether oxygens (including phenoxy) is 1. The average Bonchev–Trinajstić information content (AvgIpc) is 2.30. The first-order valence-electron chi connectivity index (χ1n) is 5.25. The van der Waals surface area contributed by atoms with E-state index in [0.29, 0.717) is 24.6 Å². The lowest BCUT2D eigenvalue weighted by molar-refractivity contribution is -0.129. The molecule has 0 bridgehead atoms. The molecule has 16 heavy (non-hydrogen) atoms. The molecule has 0 saturated carbocycles. The van der Waals surface area contributed by atoms with Crippen molar-refractivity contribution in [1.29, 1.82) is 0 Å². The van der Waals surface area contributed by atoms with E-state index in [1.165, 1.54) is 0 Å². The molecule has 0 unspecified atom stereocenters. The van der Waals surface area contributed by atoms with Crippen LogP contribution in [0.1, 0.15) is 13.3 Å². The second-order valence-electron chi connectivity index (χ2n) is 3.47. The van der Waals surface area contributed by atoms with Gasteiger partial charge in [0.2, 0.25) is 5.91 Å². The van der Waals surface area contributed by atoms with E-state index in [4.69, 9.17) is 16.3 Å². The van der Waals surface area contributed by atoms with E-state index in [2.05, 4.69) is 0 Å². The molecule has 0 aromatic heterocycles. The zero-order valence-corrected chi connectivity index (χ0v) is 10.3. The molecule has 0 atom stereocenters. The smallest absolute Gasteiger partial charge is 0.222 e. The summed E-state index contributed by atoms with van der Waals surface area (Å²) in [7, 11) is 1.77. The number of benzene rings is 1. The van der Waals surface area contributed by atoms with Crippen molar-refractivity contribution < 1.29 is 9.53 Å². The molecule has 88 valence electrons. The number of likely N-dealkylation sites (N-methyl/N-ethyl adjacent to an activating group) is 1. The number of hydrogen-bond acceptors (Lipinski definition) is 2. The van der Waals surface area contributed by atoms with Crippen LogP contribution in [0.25, 0.3) is 0 Å². The van der Waals surface area contributed by atoms with E-state index < -0.39 is 0 Å². The molecule has 0 N–H and O–H groups in total. The number of hydrogen-bond donors (Lipinski definition) is 0. The molecule has 0 radical (unpaired) electrons. The van der Waals surface area contributed by atoms with Gasteiger partial charge in [-0.05, 0) is 24.3 Å². The third-order valence-corrected chi connectivity index (χ3v) is 2.49. The first kappa shape index (κ1) is 12.8. The van der Waals surface area contributed by atoms with Gasteiger partial charge >= 0.3 is 0 Å². The highest BCUT2D eigenvalue weighted by Gasteiger charge is 2.04. The predicted molar refractivity (Wildman–Crippen MR) is 64.9 cm³/mol. The molecule has 1 amide bonds. The monoisotopic (exact) mass is 241 g/mol. The fraction of sp³-hybridized carbons (Fsp3) is 0.417. The zero-order chi connectivity index (χ0) is 12.0. The summed E-state index contributed by atoms with van der Waals surface area (Å²) in [5, 5.41) is 0.686. The summed E-state index contributed by atoms with van der Waals surface area (Å²) in [5.41, 5.74) is 0. The Morgan fingerprint density at radius 2 is 2.00 bits per heavy atom. The van der Waals surface area contributed by atoms with Gasteiger partial charge in [0.1, 0.15) is 12.4 Å². The van der Waals surface area contributed by atoms with Crippen LogP contribution in [0.3, 0.4) is 0 Å². The van der Waals surface area contributed by atoms with Crippen LogP contribution in [0.15, 0.2) is 24.3 Å². The molecule has 0 fully saturated rings. The van der Waals surface area contributed by atoms with Crippen molar-refractivity contribution in [1.82, 2.24) is 4.90 Å². The van der Waals surface area contributed by atoms with Crippen molar-refractivity contribution in [3.8, 4) is 5.75 Å². The number of nitrogens with zero attached hydrogens (tertiary/aromatic N) is 1. The molecule has 1 aromatic rings.